The number of fused-ring (bicyclic) bond motifs is 5. The van der Waals surface area contributed by atoms with Gasteiger partial charge in [0.25, 0.3) is 0 Å². The fraction of sp³-hybridized carbons (Fsp3) is 0.353. The molecule has 1 aliphatic carbocycles. The lowest BCUT2D eigenvalue weighted by Crippen LogP contribution is -2.47. The van der Waals surface area contributed by atoms with Crippen molar-refractivity contribution in [2.45, 2.75) is 31.3 Å². The first kappa shape index (κ1) is 11.0. The predicted octanol–water partition coefficient (Wildman–Crippen LogP) is 2.85. The molecule has 0 N–H and O–H groups in total. The summed E-state index contributed by atoms with van der Waals surface area (Å²) in [6.45, 7) is 5.28. The minimum Gasteiger partial charge on any atom is -0.437 e. The molecule has 4 rings (SSSR count). The number of allylic oxidation sites excluding steroid dienone is 2. The van der Waals surface area contributed by atoms with Gasteiger partial charge in [-0.3, -0.25) is 0 Å². The molecule has 0 saturated carbocycles. The largest absolute Gasteiger partial charge is 0.437 e. The summed E-state index contributed by atoms with van der Waals surface area (Å²) in [5, 5.41) is 0. The summed E-state index contributed by atoms with van der Waals surface area (Å²) in [4.78, 5) is 0. The summed E-state index contributed by atoms with van der Waals surface area (Å²) in [7, 11) is 0. The van der Waals surface area contributed by atoms with Crippen LogP contribution in [0, 0.1) is 0 Å². The molecule has 2 aliphatic heterocycles. The van der Waals surface area contributed by atoms with Crippen LogP contribution in [0.4, 0.5) is 0 Å². The van der Waals surface area contributed by atoms with E-state index in [4.69, 9.17) is 4.74 Å². The summed E-state index contributed by atoms with van der Waals surface area (Å²) >= 11 is 0. The molecule has 0 bridgehead atoms. The number of nitrogens with zero attached hydrogens (tertiary/aromatic N) is 1. The Balaban J connectivity index is 2.01. The molecule has 0 aromatic heterocycles. The third kappa shape index (κ3) is 1.40. The molecular formula is C17H18NO+. The molecule has 0 radical (unpaired) electrons. The van der Waals surface area contributed by atoms with E-state index < -0.39 is 0 Å². The molecule has 96 valence electrons. The number of rotatable bonds is 0. The minimum atomic E-state index is 0.0568. The molecule has 0 unspecified atom stereocenters. The highest BCUT2D eigenvalue weighted by Crippen LogP contribution is 2.39. The van der Waals surface area contributed by atoms with Crippen molar-refractivity contribution >= 4 is 5.90 Å². The number of ether oxygens (including phenoxy) is 1. The predicted molar refractivity (Wildman–Crippen MR) is 75.7 cm³/mol. The third-order valence-corrected chi connectivity index (χ3v) is 4.39. The van der Waals surface area contributed by atoms with Crippen LogP contribution in [-0.2, 0) is 4.74 Å². The van der Waals surface area contributed by atoms with Gasteiger partial charge < -0.3 is 4.74 Å². The molecule has 2 nitrogen and oxygen atoms in total. The quantitative estimate of drug-likeness (QED) is 0.647. The lowest BCUT2D eigenvalue weighted by Gasteiger charge is -2.30. The van der Waals surface area contributed by atoms with Gasteiger partial charge in [-0.25, -0.2) is 0 Å². The molecule has 19 heavy (non-hydrogen) atoms. The molecule has 2 heterocycles. The second-order valence-electron chi connectivity index (χ2n) is 6.15. The number of hydrogen-bond acceptors (Lipinski definition) is 1. The van der Waals surface area contributed by atoms with Gasteiger partial charge in [-0.2, -0.15) is 4.58 Å². The molecule has 0 fully saturated rings. The monoisotopic (exact) mass is 252 g/mol. The number of benzene rings is 1. The Morgan fingerprint density at radius 1 is 1.16 bits per heavy atom. The zero-order valence-corrected chi connectivity index (χ0v) is 11.3. The van der Waals surface area contributed by atoms with Gasteiger partial charge in [0.15, 0.2) is 18.2 Å². The van der Waals surface area contributed by atoms with Gasteiger partial charge in [0.05, 0.1) is 11.5 Å². The van der Waals surface area contributed by atoms with E-state index in [0.717, 1.165) is 12.5 Å². The molecule has 3 aliphatic rings. The van der Waals surface area contributed by atoms with Crippen LogP contribution in [0.5, 0.6) is 0 Å². The second-order valence-corrected chi connectivity index (χ2v) is 6.15. The first-order valence-corrected chi connectivity index (χ1v) is 6.92. The Labute approximate surface area is 113 Å². The van der Waals surface area contributed by atoms with Crippen LogP contribution >= 0.6 is 0 Å². The summed E-state index contributed by atoms with van der Waals surface area (Å²) in [6.07, 6.45) is 8.93. The van der Waals surface area contributed by atoms with Crippen molar-refractivity contribution in [1.82, 2.24) is 0 Å². The third-order valence-electron chi connectivity index (χ3n) is 4.39. The Kier molecular flexibility index (Phi) is 2.09. The van der Waals surface area contributed by atoms with Gasteiger partial charge in [-0.15, -0.1) is 0 Å². The van der Waals surface area contributed by atoms with Crippen molar-refractivity contribution in [3.05, 3.63) is 59.7 Å². The summed E-state index contributed by atoms with van der Waals surface area (Å²) in [5.74, 6) is 1.49. The van der Waals surface area contributed by atoms with E-state index in [1.165, 1.54) is 11.1 Å². The fourth-order valence-electron chi connectivity index (χ4n) is 3.52. The van der Waals surface area contributed by atoms with Crippen molar-refractivity contribution in [2.24, 2.45) is 0 Å². The van der Waals surface area contributed by atoms with E-state index in [2.05, 4.69) is 67.0 Å². The normalized spacial score (nSPS) is 29.6. The van der Waals surface area contributed by atoms with Crippen molar-refractivity contribution < 1.29 is 9.31 Å². The topological polar surface area (TPSA) is 12.2 Å². The van der Waals surface area contributed by atoms with Crippen molar-refractivity contribution in [2.75, 3.05) is 6.61 Å². The van der Waals surface area contributed by atoms with Gasteiger partial charge >= 0.3 is 5.90 Å². The number of hydrogen-bond donors (Lipinski definition) is 0. The first-order chi connectivity index (χ1) is 9.18. The van der Waals surface area contributed by atoms with E-state index in [-0.39, 0.29) is 5.54 Å². The smallest absolute Gasteiger partial charge is 0.371 e. The zero-order valence-electron chi connectivity index (χ0n) is 11.3. The van der Waals surface area contributed by atoms with E-state index >= 15 is 0 Å². The Hall–Kier alpha value is -1.83. The maximum Gasteiger partial charge on any atom is 0.371 e. The van der Waals surface area contributed by atoms with Crippen molar-refractivity contribution in [1.29, 1.82) is 0 Å². The van der Waals surface area contributed by atoms with Crippen LogP contribution < -0.4 is 0 Å². The summed E-state index contributed by atoms with van der Waals surface area (Å²) in [5.41, 5.74) is 2.70. The highest BCUT2D eigenvalue weighted by molar-refractivity contribution is 5.94. The van der Waals surface area contributed by atoms with Crippen molar-refractivity contribution in [3.63, 3.8) is 0 Å². The lowest BCUT2D eigenvalue weighted by atomic mass is 9.81. The minimum absolute atomic E-state index is 0.0568. The van der Waals surface area contributed by atoms with Crippen LogP contribution in [-0.4, -0.2) is 28.7 Å². The maximum absolute atomic E-state index is 6.03. The summed E-state index contributed by atoms with van der Waals surface area (Å²) < 4.78 is 8.49. The molecule has 2 atom stereocenters. The average molecular weight is 252 g/mol. The van der Waals surface area contributed by atoms with E-state index in [1.807, 2.05) is 0 Å². The Morgan fingerprint density at radius 3 is 2.84 bits per heavy atom. The van der Waals surface area contributed by atoms with Crippen LogP contribution in [0.1, 0.15) is 30.9 Å². The highest BCUT2D eigenvalue weighted by atomic mass is 16.5. The zero-order chi connectivity index (χ0) is 13.0. The van der Waals surface area contributed by atoms with Crippen LogP contribution in [0.2, 0.25) is 0 Å². The standard InChI is InChI=1S/C17H18NO/c1-17(2)11-19-16-14-9-4-3-7-12(14)13-8-5-6-10-15(13)18(16)17/h3-10,13,15H,11H2,1-2H3/q+1/t13-,15-/m0/s1. The highest BCUT2D eigenvalue weighted by Gasteiger charge is 2.52. The average Bonchev–Trinajstić information content (AvgIpc) is 2.76. The van der Waals surface area contributed by atoms with Gasteiger partial charge in [-0.05, 0) is 17.7 Å². The van der Waals surface area contributed by atoms with E-state index in [9.17, 15) is 0 Å². The van der Waals surface area contributed by atoms with Crippen molar-refractivity contribution in [3.8, 4) is 0 Å². The van der Waals surface area contributed by atoms with Gasteiger partial charge in [0, 0.05) is 13.8 Å². The molecule has 0 saturated heterocycles. The molecule has 0 spiro atoms. The SMILES string of the molecule is CC1(C)COC2=[N+]1[C@H]1C=CC=C[C@H]1c1ccccc12. The van der Waals surface area contributed by atoms with Gasteiger partial charge in [0.2, 0.25) is 0 Å². The molecule has 2 heteroatoms. The van der Waals surface area contributed by atoms with E-state index in [0.29, 0.717) is 12.0 Å². The second kappa shape index (κ2) is 3.60. The Bertz CT molecular complexity index is 636. The molecular weight excluding hydrogens is 234 g/mol. The van der Waals surface area contributed by atoms with Crippen LogP contribution in [0.25, 0.3) is 0 Å². The molecule has 1 aromatic rings. The lowest BCUT2D eigenvalue weighted by molar-refractivity contribution is -0.616. The Morgan fingerprint density at radius 2 is 1.95 bits per heavy atom. The fourth-order valence-corrected chi connectivity index (χ4v) is 3.52. The maximum atomic E-state index is 6.03. The van der Waals surface area contributed by atoms with Gasteiger partial charge in [0.1, 0.15) is 0 Å². The first-order valence-electron chi connectivity index (χ1n) is 6.92. The van der Waals surface area contributed by atoms with E-state index in [1.54, 1.807) is 0 Å². The molecule has 0 amide bonds. The molecule has 1 aromatic carbocycles. The van der Waals surface area contributed by atoms with Gasteiger partial charge in [-0.1, -0.05) is 36.4 Å². The summed E-state index contributed by atoms with van der Waals surface area (Å²) in [6, 6.07) is 9.02. The van der Waals surface area contributed by atoms with Crippen LogP contribution in [0.15, 0.2) is 48.6 Å². The van der Waals surface area contributed by atoms with Crippen LogP contribution in [0.3, 0.4) is 0 Å².